The third-order valence-electron chi connectivity index (χ3n) is 1.86. The third-order valence-corrected chi connectivity index (χ3v) is 2.47. The Kier molecular flexibility index (Phi) is 2.35. The van der Waals surface area contributed by atoms with E-state index in [-0.39, 0.29) is 11.5 Å². The molecular formula is C9H4Cl2N4. The number of hydrogen-bond donors (Lipinski definition) is 1. The Morgan fingerprint density at radius 1 is 1.13 bits per heavy atom. The van der Waals surface area contributed by atoms with Crippen LogP contribution in [-0.2, 0) is 0 Å². The molecule has 0 bridgehead atoms. The molecule has 0 aliphatic rings. The lowest BCUT2D eigenvalue weighted by Gasteiger charge is -2.03. The minimum Gasteiger partial charge on any atom is -0.381 e. The van der Waals surface area contributed by atoms with Crippen LogP contribution >= 0.6 is 23.2 Å². The van der Waals surface area contributed by atoms with Gasteiger partial charge in [-0.1, -0.05) is 23.2 Å². The van der Waals surface area contributed by atoms with Crippen LogP contribution in [-0.4, -0.2) is 9.97 Å². The molecule has 1 heterocycles. The van der Waals surface area contributed by atoms with Crippen molar-refractivity contribution in [2.24, 2.45) is 0 Å². The quantitative estimate of drug-likeness (QED) is 0.765. The molecular weight excluding hydrogens is 235 g/mol. The van der Waals surface area contributed by atoms with Gasteiger partial charge in [-0.2, -0.15) is 5.26 Å². The number of nitrogens with zero attached hydrogens (tertiary/aromatic N) is 3. The van der Waals surface area contributed by atoms with Crippen molar-refractivity contribution in [1.82, 2.24) is 9.97 Å². The van der Waals surface area contributed by atoms with Crippen molar-refractivity contribution in [3.05, 3.63) is 27.9 Å². The van der Waals surface area contributed by atoms with Gasteiger partial charge >= 0.3 is 0 Å². The summed E-state index contributed by atoms with van der Waals surface area (Å²) in [6.07, 6.45) is 0. The second-order valence-corrected chi connectivity index (χ2v) is 3.61. The van der Waals surface area contributed by atoms with Gasteiger partial charge in [0.15, 0.2) is 11.5 Å². The molecule has 0 radical (unpaired) electrons. The first kappa shape index (κ1) is 9.97. The highest BCUT2D eigenvalue weighted by Gasteiger charge is 2.10. The maximum atomic E-state index is 8.73. The Morgan fingerprint density at radius 2 is 1.67 bits per heavy atom. The highest BCUT2D eigenvalue weighted by atomic mass is 35.5. The van der Waals surface area contributed by atoms with Gasteiger partial charge in [-0.15, -0.1) is 0 Å². The molecule has 0 fully saturated rings. The lowest BCUT2D eigenvalue weighted by Crippen LogP contribution is -1.99. The van der Waals surface area contributed by atoms with Gasteiger partial charge in [0.1, 0.15) is 17.1 Å². The number of anilines is 1. The number of nitrogen functional groups attached to an aromatic ring is 1. The maximum Gasteiger partial charge on any atom is 0.183 e. The van der Waals surface area contributed by atoms with Crippen LogP contribution in [0.2, 0.25) is 10.0 Å². The Hall–Kier alpha value is -1.57. The normalized spacial score (nSPS) is 10.2. The van der Waals surface area contributed by atoms with Crippen LogP contribution in [0.3, 0.4) is 0 Å². The van der Waals surface area contributed by atoms with Crippen molar-refractivity contribution >= 4 is 40.1 Å². The highest BCUT2D eigenvalue weighted by Crippen LogP contribution is 2.28. The molecule has 0 aliphatic heterocycles. The molecule has 2 aromatic rings. The zero-order chi connectivity index (χ0) is 11.0. The molecule has 0 saturated heterocycles. The van der Waals surface area contributed by atoms with Gasteiger partial charge in [0.05, 0.1) is 10.0 Å². The van der Waals surface area contributed by atoms with Crippen LogP contribution in [0.25, 0.3) is 11.0 Å². The molecule has 0 amide bonds. The summed E-state index contributed by atoms with van der Waals surface area (Å²) in [4.78, 5) is 7.97. The molecule has 74 valence electrons. The maximum absolute atomic E-state index is 8.73. The van der Waals surface area contributed by atoms with E-state index in [4.69, 9.17) is 34.2 Å². The topological polar surface area (TPSA) is 75.6 Å². The molecule has 0 atom stereocenters. The zero-order valence-electron chi connectivity index (χ0n) is 7.33. The lowest BCUT2D eigenvalue weighted by molar-refractivity contribution is 1.25. The smallest absolute Gasteiger partial charge is 0.183 e. The van der Waals surface area contributed by atoms with Crippen molar-refractivity contribution in [3.63, 3.8) is 0 Å². The molecule has 1 aromatic carbocycles. The molecule has 1 aromatic heterocycles. The summed E-state index contributed by atoms with van der Waals surface area (Å²) < 4.78 is 0. The second kappa shape index (κ2) is 3.54. The number of aromatic nitrogens is 2. The number of nitrogens with two attached hydrogens (primary N) is 1. The van der Waals surface area contributed by atoms with E-state index in [9.17, 15) is 0 Å². The fraction of sp³-hybridized carbons (Fsp3) is 0. The standard InChI is InChI=1S/C9H4Cl2N4/c10-4-1-2-5(11)8-7(4)14-6(3-12)9(13)15-8/h1-2H,(H2,13,15). The Bertz CT molecular complexity index is 589. The summed E-state index contributed by atoms with van der Waals surface area (Å²) in [6, 6.07) is 5.03. The Morgan fingerprint density at radius 3 is 2.20 bits per heavy atom. The summed E-state index contributed by atoms with van der Waals surface area (Å²) in [6.45, 7) is 0. The molecule has 0 aliphatic carbocycles. The average molecular weight is 239 g/mol. The molecule has 15 heavy (non-hydrogen) atoms. The van der Waals surface area contributed by atoms with Crippen LogP contribution in [0.4, 0.5) is 5.82 Å². The average Bonchev–Trinajstić information content (AvgIpc) is 2.23. The lowest BCUT2D eigenvalue weighted by atomic mass is 10.3. The van der Waals surface area contributed by atoms with Crippen LogP contribution in [0.5, 0.6) is 0 Å². The first-order chi connectivity index (χ1) is 7.13. The van der Waals surface area contributed by atoms with Gasteiger partial charge in [0.2, 0.25) is 0 Å². The summed E-state index contributed by atoms with van der Waals surface area (Å²) in [7, 11) is 0. The van der Waals surface area contributed by atoms with E-state index in [1.54, 1.807) is 12.1 Å². The summed E-state index contributed by atoms with van der Waals surface area (Å²) in [5.74, 6) is 0.0502. The van der Waals surface area contributed by atoms with Crippen LogP contribution in [0, 0.1) is 11.3 Å². The van der Waals surface area contributed by atoms with E-state index in [1.165, 1.54) is 0 Å². The fourth-order valence-corrected chi connectivity index (χ4v) is 1.56. The largest absolute Gasteiger partial charge is 0.381 e. The molecule has 0 spiro atoms. The second-order valence-electron chi connectivity index (χ2n) is 2.80. The van der Waals surface area contributed by atoms with Gasteiger partial charge < -0.3 is 5.73 Å². The molecule has 6 heteroatoms. The Labute approximate surface area is 95.3 Å². The highest BCUT2D eigenvalue weighted by molar-refractivity contribution is 6.39. The van der Waals surface area contributed by atoms with E-state index >= 15 is 0 Å². The van der Waals surface area contributed by atoms with Gasteiger partial charge in [0, 0.05) is 0 Å². The number of rotatable bonds is 0. The first-order valence-corrected chi connectivity index (χ1v) is 4.70. The Balaban J connectivity index is 2.94. The molecule has 4 nitrogen and oxygen atoms in total. The molecule has 0 saturated carbocycles. The van der Waals surface area contributed by atoms with Crippen molar-refractivity contribution in [2.75, 3.05) is 5.73 Å². The van der Waals surface area contributed by atoms with E-state index in [2.05, 4.69) is 9.97 Å². The van der Waals surface area contributed by atoms with E-state index in [0.717, 1.165) is 0 Å². The molecule has 0 unspecified atom stereocenters. The molecule has 2 N–H and O–H groups in total. The van der Waals surface area contributed by atoms with E-state index in [1.807, 2.05) is 6.07 Å². The van der Waals surface area contributed by atoms with Gasteiger partial charge in [-0.3, -0.25) is 0 Å². The van der Waals surface area contributed by atoms with Gasteiger partial charge in [-0.05, 0) is 12.1 Å². The van der Waals surface area contributed by atoms with Crippen molar-refractivity contribution in [1.29, 1.82) is 5.26 Å². The van der Waals surface area contributed by atoms with Gasteiger partial charge in [0.25, 0.3) is 0 Å². The van der Waals surface area contributed by atoms with Crippen LogP contribution < -0.4 is 5.73 Å². The summed E-state index contributed by atoms with van der Waals surface area (Å²) in [5.41, 5.74) is 6.35. The fourth-order valence-electron chi connectivity index (χ4n) is 1.17. The van der Waals surface area contributed by atoms with E-state index in [0.29, 0.717) is 21.1 Å². The third kappa shape index (κ3) is 1.56. The summed E-state index contributed by atoms with van der Waals surface area (Å²) >= 11 is 11.8. The van der Waals surface area contributed by atoms with Gasteiger partial charge in [-0.25, -0.2) is 9.97 Å². The number of nitriles is 1. The zero-order valence-corrected chi connectivity index (χ0v) is 8.84. The van der Waals surface area contributed by atoms with Crippen molar-refractivity contribution < 1.29 is 0 Å². The number of fused-ring (bicyclic) bond motifs is 1. The SMILES string of the molecule is N#Cc1nc2c(Cl)ccc(Cl)c2nc1N. The minimum atomic E-state index is 0.0478. The number of benzene rings is 1. The number of halogens is 2. The number of hydrogen-bond acceptors (Lipinski definition) is 4. The van der Waals surface area contributed by atoms with E-state index < -0.39 is 0 Å². The van der Waals surface area contributed by atoms with Crippen LogP contribution in [0.1, 0.15) is 5.69 Å². The molecule has 2 rings (SSSR count). The summed E-state index contributed by atoms with van der Waals surface area (Å²) in [5, 5.41) is 9.52. The monoisotopic (exact) mass is 238 g/mol. The van der Waals surface area contributed by atoms with Crippen LogP contribution in [0.15, 0.2) is 12.1 Å². The predicted octanol–water partition coefficient (Wildman–Crippen LogP) is 2.39. The first-order valence-electron chi connectivity index (χ1n) is 3.95. The van der Waals surface area contributed by atoms with Crippen molar-refractivity contribution in [2.45, 2.75) is 0 Å². The van der Waals surface area contributed by atoms with Crippen molar-refractivity contribution in [3.8, 4) is 6.07 Å². The minimum absolute atomic E-state index is 0.0478. The predicted molar refractivity (Wildman–Crippen MR) is 58.7 cm³/mol.